The maximum atomic E-state index is 13.3. The van der Waals surface area contributed by atoms with E-state index in [9.17, 15) is 26.4 Å². The lowest BCUT2D eigenvalue weighted by atomic mass is 10.00. The first-order valence-electron chi connectivity index (χ1n) is 9.61. The predicted molar refractivity (Wildman–Crippen MR) is 121 cm³/mol. The summed E-state index contributed by atoms with van der Waals surface area (Å²) in [6, 6.07) is 10.9. The van der Waals surface area contributed by atoms with Gasteiger partial charge < -0.3 is 0 Å². The van der Waals surface area contributed by atoms with Gasteiger partial charge in [-0.1, -0.05) is 24.3 Å². The molecule has 4 rings (SSSR count). The van der Waals surface area contributed by atoms with Gasteiger partial charge in [0.1, 0.15) is 0 Å². The average molecular weight is 540 g/mol. The highest BCUT2D eigenvalue weighted by atomic mass is 79.9. The standard InChI is InChI=1S/C22H17BrF3N3O3S/c1-13-18(23)12-28-20(19(13)15-4-3-5-16(10-15)22(24,25)26)27-29(21(28)30)11-14-6-8-17(9-7-14)33(2,31)32/h3-10,12H,11H2,1-2H3. The zero-order valence-electron chi connectivity index (χ0n) is 17.4. The molecule has 0 aliphatic rings. The fourth-order valence-electron chi connectivity index (χ4n) is 3.52. The van der Waals surface area contributed by atoms with Gasteiger partial charge in [0.25, 0.3) is 0 Å². The predicted octanol–water partition coefficient (Wildman–Crippen LogP) is 4.70. The molecule has 0 saturated heterocycles. The van der Waals surface area contributed by atoms with Gasteiger partial charge in [-0.15, -0.1) is 5.10 Å². The van der Waals surface area contributed by atoms with Gasteiger partial charge in [-0.05, 0) is 63.8 Å². The van der Waals surface area contributed by atoms with Gasteiger partial charge in [-0.25, -0.2) is 22.3 Å². The Hall–Kier alpha value is -2.92. The number of halogens is 4. The fraction of sp³-hybridized carbons (Fsp3) is 0.182. The second-order valence-electron chi connectivity index (χ2n) is 7.61. The number of rotatable bonds is 4. The monoisotopic (exact) mass is 539 g/mol. The number of hydrogen-bond acceptors (Lipinski definition) is 4. The Morgan fingerprint density at radius 3 is 2.36 bits per heavy atom. The lowest BCUT2D eigenvalue weighted by Crippen LogP contribution is -2.21. The Morgan fingerprint density at radius 1 is 1.09 bits per heavy atom. The number of aromatic nitrogens is 3. The quantitative estimate of drug-likeness (QED) is 0.376. The van der Waals surface area contributed by atoms with E-state index in [0.29, 0.717) is 21.2 Å². The minimum absolute atomic E-state index is 0.0588. The molecule has 0 aliphatic carbocycles. The Balaban J connectivity index is 1.85. The number of pyridine rings is 1. The Labute approximate surface area is 195 Å². The largest absolute Gasteiger partial charge is 0.416 e. The summed E-state index contributed by atoms with van der Waals surface area (Å²) in [5.41, 5.74) is 0.895. The maximum Gasteiger partial charge on any atom is 0.416 e. The van der Waals surface area contributed by atoms with Crippen LogP contribution in [-0.4, -0.2) is 28.9 Å². The smallest absolute Gasteiger partial charge is 0.249 e. The van der Waals surface area contributed by atoms with Gasteiger partial charge in [0.2, 0.25) is 0 Å². The van der Waals surface area contributed by atoms with Crippen LogP contribution in [0.15, 0.2) is 68.9 Å². The van der Waals surface area contributed by atoms with Crippen LogP contribution in [0.3, 0.4) is 0 Å². The summed E-state index contributed by atoms with van der Waals surface area (Å²) < 4.78 is 66.1. The number of fused-ring (bicyclic) bond motifs is 1. The van der Waals surface area contributed by atoms with Crippen LogP contribution in [0.4, 0.5) is 13.2 Å². The molecular formula is C22H17BrF3N3O3S. The molecule has 0 unspecified atom stereocenters. The van der Waals surface area contributed by atoms with Crippen LogP contribution in [0.1, 0.15) is 16.7 Å². The Kier molecular flexibility index (Phi) is 5.73. The van der Waals surface area contributed by atoms with Crippen LogP contribution in [0.5, 0.6) is 0 Å². The van der Waals surface area contributed by atoms with Crippen molar-refractivity contribution in [2.45, 2.75) is 24.5 Å². The van der Waals surface area contributed by atoms with Crippen molar-refractivity contribution in [3.05, 3.63) is 86.4 Å². The third-order valence-electron chi connectivity index (χ3n) is 5.23. The highest BCUT2D eigenvalue weighted by Crippen LogP contribution is 2.36. The van der Waals surface area contributed by atoms with E-state index >= 15 is 0 Å². The fourth-order valence-corrected chi connectivity index (χ4v) is 4.55. The molecule has 172 valence electrons. The molecule has 6 nitrogen and oxygen atoms in total. The van der Waals surface area contributed by atoms with Crippen molar-refractivity contribution in [2.75, 3.05) is 6.26 Å². The van der Waals surface area contributed by atoms with Crippen LogP contribution >= 0.6 is 15.9 Å². The summed E-state index contributed by atoms with van der Waals surface area (Å²) in [5.74, 6) is 0. The average Bonchev–Trinajstić information content (AvgIpc) is 3.03. The highest BCUT2D eigenvalue weighted by molar-refractivity contribution is 9.10. The van der Waals surface area contributed by atoms with Crippen LogP contribution in [0.25, 0.3) is 16.8 Å². The number of nitrogens with zero attached hydrogens (tertiary/aromatic N) is 3. The second-order valence-corrected chi connectivity index (χ2v) is 10.5. The van der Waals surface area contributed by atoms with Crippen molar-refractivity contribution in [1.82, 2.24) is 14.2 Å². The summed E-state index contributed by atoms with van der Waals surface area (Å²) in [6.45, 7) is 1.79. The molecule has 4 aromatic rings. The third kappa shape index (κ3) is 4.47. The van der Waals surface area contributed by atoms with Gasteiger partial charge in [0.15, 0.2) is 15.5 Å². The molecule has 2 aromatic heterocycles. The summed E-state index contributed by atoms with van der Waals surface area (Å²) in [4.78, 5) is 13.2. The summed E-state index contributed by atoms with van der Waals surface area (Å²) >= 11 is 3.38. The lowest BCUT2D eigenvalue weighted by Gasteiger charge is -2.12. The number of hydrogen-bond donors (Lipinski definition) is 0. The number of benzene rings is 2. The second kappa shape index (κ2) is 8.14. The zero-order chi connectivity index (χ0) is 24.1. The first-order valence-corrected chi connectivity index (χ1v) is 12.3. The number of alkyl halides is 3. The molecule has 0 N–H and O–H groups in total. The first-order chi connectivity index (χ1) is 15.4. The normalized spacial score (nSPS) is 12.4. The summed E-state index contributed by atoms with van der Waals surface area (Å²) in [7, 11) is -3.35. The molecular weight excluding hydrogens is 523 g/mol. The van der Waals surface area contributed by atoms with Crippen molar-refractivity contribution in [3.63, 3.8) is 0 Å². The van der Waals surface area contributed by atoms with E-state index in [4.69, 9.17) is 0 Å². The van der Waals surface area contributed by atoms with Crippen LogP contribution < -0.4 is 5.69 Å². The molecule has 0 radical (unpaired) electrons. The lowest BCUT2D eigenvalue weighted by molar-refractivity contribution is -0.137. The molecule has 2 heterocycles. The molecule has 0 aliphatic heterocycles. The van der Waals surface area contributed by atoms with Gasteiger partial charge >= 0.3 is 11.9 Å². The van der Waals surface area contributed by atoms with E-state index in [2.05, 4.69) is 21.0 Å². The maximum absolute atomic E-state index is 13.3. The van der Waals surface area contributed by atoms with E-state index in [0.717, 1.165) is 18.4 Å². The van der Waals surface area contributed by atoms with E-state index in [1.54, 1.807) is 19.1 Å². The van der Waals surface area contributed by atoms with E-state index in [1.807, 2.05) is 0 Å². The van der Waals surface area contributed by atoms with Crippen molar-refractivity contribution >= 4 is 31.4 Å². The van der Waals surface area contributed by atoms with Crippen molar-refractivity contribution in [1.29, 1.82) is 0 Å². The third-order valence-corrected chi connectivity index (χ3v) is 7.16. The Bertz CT molecular complexity index is 1540. The molecule has 0 fully saturated rings. The topological polar surface area (TPSA) is 73.4 Å². The van der Waals surface area contributed by atoms with Crippen molar-refractivity contribution in [3.8, 4) is 11.1 Å². The van der Waals surface area contributed by atoms with Crippen molar-refractivity contribution < 1.29 is 21.6 Å². The minimum Gasteiger partial charge on any atom is -0.249 e. The van der Waals surface area contributed by atoms with Crippen molar-refractivity contribution in [2.24, 2.45) is 0 Å². The molecule has 0 atom stereocenters. The molecule has 0 amide bonds. The molecule has 0 spiro atoms. The first kappa shape index (κ1) is 23.2. The highest BCUT2D eigenvalue weighted by Gasteiger charge is 2.31. The minimum atomic E-state index is -4.51. The van der Waals surface area contributed by atoms with E-state index in [-0.39, 0.29) is 22.7 Å². The van der Waals surface area contributed by atoms with Gasteiger partial charge in [0.05, 0.1) is 17.0 Å². The number of sulfone groups is 1. The van der Waals surface area contributed by atoms with Gasteiger partial charge in [0, 0.05) is 22.5 Å². The molecule has 0 bridgehead atoms. The molecule has 0 saturated carbocycles. The van der Waals surface area contributed by atoms with Crippen LogP contribution in [0, 0.1) is 6.92 Å². The van der Waals surface area contributed by atoms with E-state index in [1.165, 1.54) is 39.5 Å². The van der Waals surface area contributed by atoms with E-state index < -0.39 is 27.3 Å². The summed E-state index contributed by atoms with van der Waals surface area (Å²) in [5, 5.41) is 4.40. The van der Waals surface area contributed by atoms with Gasteiger partial charge in [-0.3, -0.25) is 0 Å². The molecule has 2 aromatic carbocycles. The molecule has 11 heteroatoms. The SMILES string of the molecule is Cc1c(Br)cn2c(=O)n(Cc3ccc(S(C)(=O)=O)cc3)nc2c1-c1cccc(C(F)(F)F)c1. The Morgan fingerprint density at radius 2 is 1.76 bits per heavy atom. The van der Waals surface area contributed by atoms with Crippen LogP contribution in [-0.2, 0) is 22.6 Å². The summed E-state index contributed by atoms with van der Waals surface area (Å²) in [6.07, 6.45) is -1.88. The molecule has 33 heavy (non-hydrogen) atoms. The van der Waals surface area contributed by atoms with Gasteiger partial charge in [-0.2, -0.15) is 13.2 Å². The zero-order valence-corrected chi connectivity index (χ0v) is 19.8. The van der Waals surface area contributed by atoms with Crippen LogP contribution in [0.2, 0.25) is 0 Å².